The van der Waals surface area contributed by atoms with Crippen molar-refractivity contribution in [1.29, 1.82) is 0 Å². The second-order valence-electron chi connectivity index (χ2n) is 2.15. The van der Waals surface area contributed by atoms with Gasteiger partial charge in [-0.05, 0) is 0 Å². The molecule has 0 aliphatic carbocycles. The molecule has 3 N–H and O–H groups in total. The first-order valence-electron chi connectivity index (χ1n) is 3.24. The normalized spacial score (nSPS) is 18.7. The van der Waals surface area contributed by atoms with Crippen molar-refractivity contribution in [3.8, 4) is 0 Å². The van der Waals surface area contributed by atoms with Crippen LogP contribution in [-0.2, 0) is 0 Å². The molecule has 1 aliphatic heterocycles. The van der Waals surface area contributed by atoms with Gasteiger partial charge in [0.25, 0.3) is 0 Å². The van der Waals surface area contributed by atoms with E-state index in [0.29, 0.717) is 13.1 Å². The molecule has 0 atom stereocenters. The first-order valence-corrected chi connectivity index (χ1v) is 3.24. The summed E-state index contributed by atoms with van der Waals surface area (Å²) in [7, 11) is 0. The summed E-state index contributed by atoms with van der Waals surface area (Å²) in [4.78, 5) is 12.3. The van der Waals surface area contributed by atoms with Crippen LogP contribution >= 0.6 is 0 Å². The van der Waals surface area contributed by atoms with Crippen molar-refractivity contribution in [3.63, 3.8) is 0 Å². The molecule has 5 heteroatoms. The van der Waals surface area contributed by atoms with Gasteiger partial charge < -0.3 is 10.2 Å². The molecular formula is C5H11N3O2. The van der Waals surface area contributed by atoms with Gasteiger partial charge in [0, 0.05) is 26.2 Å². The molecule has 1 aliphatic rings. The van der Waals surface area contributed by atoms with E-state index >= 15 is 0 Å². The third-order valence-electron chi connectivity index (χ3n) is 1.50. The first-order chi connectivity index (χ1) is 4.84. The fourth-order valence-electron chi connectivity index (χ4n) is 0.939. The number of nitrogens with zero attached hydrogens (tertiary/aromatic N) is 1. The van der Waals surface area contributed by atoms with E-state index in [4.69, 9.17) is 5.21 Å². The van der Waals surface area contributed by atoms with Crippen LogP contribution in [-0.4, -0.2) is 42.3 Å². The summed E-state index contributed by atoms with van der Waals surface area (Å²) < 4.78 is 0. The highest BCUT2D eigenvalue weighted by Crippen LogP contribution is 1.90. The SMILES string of the molecule is O=C(NO)N1CCNCC1. The van der Waals surface area contributed by atoms with Crippen LogP contribution in [0.4, 0.5) is 4.79 Å². The van der Waals surface area contributed by atoms with E-state index in [9.17, 15) is 4.79 Å². The van der Waals surface area contributed by atoms with E-state index < -0.39 is 6.03 Å². The van der Waals surface area contributed by atoms with Crippen molar-refractivity contribution in [2.24, 2.45) is 0 Å². The molecule has 0 radical (unpaired) electrons. The maximum Gasteiger partial charge on any atom is 0.341 e. The van der Waals surface area contributed by atoms with Gasteiger partial charge in [0.1, 0.15) is 0 Å². The molecule has 0 aromatic rings. The molecule has 0 unspecified atom stereocenters. The Morgan fingerprint density at radius 2 is 2.10 bits per heavy atom. The zero-order valence-corrected chi connectivity index (χ0v) is 5.63. The van der Waals surface area contributed by atoms with Crippen LogP contribution in [0.3, 0.4) is 0 Å². The largest absolute Gasteiger partial charge is 0.341 e. The van der Waals surface area contributed by atoms with Crippen LogP contribution < -0.4 is 10.8 Å². The van der Waals surface area contributed by atoms with Gasteiger partial charge in [-0.25, -0.2) is 10.3 Å². The molecule has 1 rings (SSSR count). The number of nitrogens with one attached hydrogen (secondary N) is 2. The van der Waals surface area contributed by atoms with Crippen LogP contribution in [0.1, 0.15) is 0 Å². The van der Waals surface area contributed by atoms with E-state index in [-0.39, 0.29) is 0 Å². The molecule has 2 amide bonds. The second kappa shape index (κ2) is 3.38. The summed E-state index contributed by atoms with van der Waals surface area (Å²) in [6.07, 6.45) is 0. The monoisotopic (exact) mass is 145 g/mol. The molecule has 1 saturated heterocycles. The van der Waals surface area contributed by atoms with Gasteiger partial charge >= 0.3 is 6.03 Å². The summed E-state index contributed by atoms with van der Waals surface area (Å²) in [5.74, 6) is 0. The van der Waals surface area contributed by atoms with Gasteiger partial charge in [-0.1, -0.05) is 0 Å². The van der Waals surface area contributed by atoms with Crippen LogP contribution in [0.2, 0.25) is 0 Å². The lowest BCUT2D eigenvalue weighted by Crippen LogP contribution is -2.49. The minimum absolute atomic E-state index is 0.415. The zero-order valence-electron chi connectivity index (χ0n) is 5.63. The van der Waals surface area contributed by atoms with Crippen LogP contribution in [0.25, 0.3) is 0 Å². The molecule has 1 fully saturated rings. The zero-order chi connectivity index (χ0) is 7.40. The Labute approximate surface area is 59.0 Å². The molecule has 0 aromatic carbocycles. The van der Waals surface area contributed by atoms with Crippen molar-refractivity contribution in [2.45, 2.75) is 0 Å². The van der Waals surface area contributed by atoms with E-state index in [1.54, 1.807) is 10.4 Å². The summed E-state index contributed by atoms with van der Waals surface area (Å²) in [5, 5.41) is 11.3. The smallest absolute Gasteiger partial charge is 0.321 e. The van der Waals surface area contributed by atoms with Gasteiger partial charge in [0.2, 0.25) is 0 Å². The highest BCUT2D eigenvalue weighted by molar-refractivity contribution is 5.72. The number of carbonyl (C=O) groups excluding carboxylic acids is 1. The van der Waals surface area contributed by atoms with Gasteiger partial charge in [0.05, 0.1) is 0 Å². The lowest BCUT2D eigenvalue weighted by Gasteiger charge is -2.26. The average molecular weight is 145 g/mol. The number of piperazine rings is 1. The Balaban J connectivity index is 2.31. The maximum atomic E-state index is 10.7. The Morgan fingerprint density at radius 1 is 1.50 bits per heavy atom. The number of hydroxylamine groups is 1. The lowest BCUT2D eigenvalue weighted by atomic mass is 10.4. The fourth-order valence-corrected chi connectivity index (χ4v) is 0.939. The molecule has 58 valence electrons. The molecule has 0 bridgehead atoms. The van der Waals surface area contributed by atoms with Gasteiger partial charge in [-0.2, -0.15) is 0 Å². The van der Waals surface area contributed by atoms with Crippen molar-refractivity contribution < 1.29 is 10.0 Å². The second-order valence-corrected chi connectivity index (χ2v) is 2.15. The number of carbonyl (C=O) groups is 1. The van der Waals surface area contributed by atoms with Gasteiger partial charge in [-0.15, -0.1) is 0 Å². The number of hydrogen-bond acceptors (Lipinski definition) is 3. The summed E-state index contributed by atoms with van der Waals surface area (Å²) in [6.45, 7) is 2.92. The minimum Gasteiger partial charge on any atom is -0.321 e. The van der Waals surface area contributed by atoms with Crippen molar-refractivity contribution in [2.75, 3.05) is 26.2 Å². The topological polar surface area (TPSA) is 64.6 Å². The molecule has 0 spiro atoms. The third-order valence-corrected chi connectivity index (χ3v) is 1.50. The van der Waals surface area contributed by atoms with Gasteiger partial charge in [-0.3, -0.25) is 5.21 Å². The lowest BCUT2D eigenvalue weighted by molar-refractivity contribution is 0.125. The number of hydrogen-bond donors (Lipinski definition) is 3. The summed E-state index contributed by atoms with van der Waals surface area (Å²) in [5.41, 5.74) is 1.59. The highest BCUT2D eigenvalue weighted by Gasteiger charge is 2.14. The quantitative estimate of drug-likeness (QED) is 0.302. The predicted octanol–water partition coefficient (Wildman–Crippen LogP) is -1.01. The van der Waals surface area contributed by atoms with Crippen LogP contribution in [0, 0.1) is 0 Å². The standard InChI is InChI=1S/C5H11N3O2/c9-5(7-10)8-3-1-6-2-4-8/h6,10H,1-4H2,(H,7,9). The maximum absolute atomic E-state index is 10.7. The fraction of sp³-hybridized carbons (Fsp3) is 0.800. The number of urea groups is 1. The number of rotatable bonds is 0. The van der Waals surface area contributed by atoms with E-state index in [1.807, 2.05) is 0 Å². The molecule has 1 heterocycles. The molecule has 0 saturated carbocycles. The summed E-state index contributed by atoms with van der Waals surface area (Å²) >= 11 is 0. The average Bonchev–Trinajstić information content (AvgIpc) is 2.05. The molecule has 0 aromatic heterocycles. The summed E-state index contributed by atoms with van der Waals surface area (Å²) in [6, 6.07) is -0.415. The van der Waals surface area contributed by atoms with Crippen molar-refractivity contribution in [1.82, 2.24) is 15.7 Å². The minimum atomic E-state index is -0.415. The molecule has 5 nitrogen and oxygen atoms in total. The van der Waals surface area contributed by atoms with Gasteiger partial charge in [0.15, 0.2) is 0 Å². The molecular weight excluding hydrogens is 134 g/mol. The van der Waals surface area contributed by atoms with Crippen LogP contribution in [0.5, 0.6) is 0 Å². The van der Waals surface area contributed by atoms with E-state index in [0.717, 1.165) is 13.1 Å². The Hall–Kier alpha value is -0.810. The third kappa shape index (κ3) is 1.58. The van der Waals surface area contributed by atoms with Crippen molar-refractivity contribution >= 4 is 6.03 Å². The highest BCUT2D eigenvalue weighted by atomic mass is 16.5. The van der Waals surface area contributed by atoms with E-state index in [1.165, 1.54) is 0 Å². The van der Waals surface area contributed by atoms with Crippen LogP contribution in [0.15, 0.2) is 0 Å². The van der Waals surface area contributed by atoms with Crippen molar-refractivity contribution in [3.05, 3.63) is 0 Å². The Morgan fingerprint density at radius 3 is 2.60 bits per heavy atom. The predicted molar refractivity (Wildman–Crippen MR) is 34.8 cm³/mol. The Bertz CT molecular complexity index is 122. The Kier molecular flexibility index (Phi) is 2.47. The first kappa shape index (κ1) is 7.30. The van der Waals surface area contributed by atoms with E-state index in [2.05, 4.69) is 5.32 Å². The molecule has 10 heavy (non-hydrogen) atoms. The number of amides is 2.